The molecule has 1 aliphatic rings. The summed E-state index contributed by atoms with van der Waals surface area (Å²) in [4.78, 5) is 12.3. The molecule has 0 N–H and O–H groups in total. The highest BCUT2D eigenvalue weighted by Crippen LogP contribution is 2.21. The minimum absolute atomic E-state index is 0.221. The summed E-state index contributed by atoms with van der Waals surface area (Å²) >= 11 is 0. The van der Waals surface area contributed by atoms with Gasteiger partial charge in [0.2, 0.25) is 10.0 Å². The summed E-state index contributed by atoms with van der Waals surface area (Å²) in [6, 6.07) is 12.7. The number of sulfonamides is 1. The van der Waals surface area contributed by atoms with E-state index in [1.807, 2.05) is 26.0 Å². The number of carbonyl (C=O) groups is 1. The monoisotopic (exact) mass is 427 g/mol. The summed E-state index contributed by atoms with van der Waals surface area (Å²) in [5.41, 5.74) is 3.96. The third-order valence-electron chi connectivity index (χ3n) is 5.16. The van der Waals surface area contributed by atoms with E-state index in [2.05, 4.69) is 6.07 Å². The Morgan fingerprint density at radius 3 is 2.17 bits per heavy atom. The first-order valence-electron chi connectivity index (χ1n) is 10.4. The van der Waals surface area contributed by atoms with Gasteiger partial charge in [0.15, 0.2) is 0 Å². The molecule has 1 aliphatic heterocycles. The smallest absolute Gasteiger partial charge is 0.331 e. The van der Waals surface area contributed by atoms with E-state index in [9.17, 15) is 13.2 Å². The molecule has 2 aromatic carbocycles. The van der Waals surface area contributed by atoms with Gasteiger partial charge in [0.05, 0.1) is 4.90 Å². The van der Waals surface area contributed by atoms with Gasteiger partial charge in [-0.05, 0) is 56.0 Å². The van der Waals surface area contributed by atoms with Crippen LogP contribution < -0.4 is 0 Å². The molecule has 0 bridgehead atoms. The number of ether oxygens (including phenoxy) is 1. The number of hydrogen-bond acceptors (Lipinski definition) is 4. The molecule has 2 aromatic rings. The maximum Gasteiger partial charge on any atom is 0.331 e. The lowest BCUT2D eigenvalue weighted by Gasteiger charge is -2.19. The van der Waals surface area contributed by atoms with Crippen LogP contribution in [0.3, 0.4) is 0 Å². The molecular formula is C24H29NO4S. The van der Waals surface area contributed by atoms with Crippen LogP contribution >= 0.6 is 0 Å². The third kappa shape index (κ3) is 6.03. The maximum atomic E-state index is 12.8. The quantitative estimate of drug-likeness (QED) is 0.498. The van der Waals surface area contributed by atoms with Gasteiger partial charge in [-0.3, -0.25) is 0 Å². The van der Waals surface area contributed by atoms with E-state index >= 15 is 0 Å². The van der Waals surface area contributed by atoms with Crippen LogP contribution in [0.4, 0.5) is 0 Å². The number of benzene rings is 2. The van der Waals surface area contributed by atoms with Crippen molar-refractivity contribution < 1.29 is 17.9 Å². The van der Waals surface area contributed by atoms with Crippen molar-refractivity contribution in [3.63, 3.8) is 0 Å². The second-order valence-electron chi connectivity index (χ2n) is 7.82. The zero-order valence-corrected chi connectivity index (χ0v) is 18.5. The lowest BCUT2D eigenvalue weighted by atomic mass is 10.1. The second kappa shape index (κ2) is 10.0. The minimum atomic E-state index is -3.46. The van der Waals surface area contributed by atoms with E-state index < -0.39 is 16.0 Å². The van der Waals surface area contributed by atoms with Gasteiger partial charge >= 0.3 is 5.97 Å². The molecule has 0 radical (unpaired) electrons. The van der Waals surface area contributed by atoms with Gasteiger partial charge in [0, 0.05) is 19.2 Å². The summed E-state index contributed by atoms with van der Waals surface area (Å²) in [6.07, 6.45) is 6.96. The Balaban J connectivity index is 1.59. The number of aryl methyl sites for hydroxylation is 2. The fourth-order valence-electron chi connectivity index (χ4n) is 3.70. The molecule has 0 aromatic heterocycles. The molecule has 160 valence electrons. The number of esters is 1. The fourth-order valence-corrected chi connectivity index (χ4v) is 5.22. The van der Waals surface area contributed by atoms with E-state index in [-0.39, 0.29) is 6.61 Å². The molecule has 1 fully saturated rings. The number of carbonyl (C=O) groups excluding carboxylic acids is 1. The van der Waals surface area contributed by atoms with Gasteiger partial charge in [0.25, 0.3) is 0 Å². The van der Waals surface area contributed by atoms with Crippen molar-refractivity contribution >= 4 is 22.1 Å². The normalized spacial score (nSPS) is 15.8. The van der Waals surface area contributed by atoms with Gasteiger partial charge in [-0.2, -0.15) is 4.31 Å². The first-order valence-corrected chi connectivity index (χ1v) is 11.8. The van der Waals surface area contributed by atoms with Crippen LogP contribution in [-0.4, -0.2) is 31.8 Å². The minimum Gasteiger partial charge on any atom is -0.458 e. The van der Waals surface area contributed by atoms with Crippen molar-refractivity contribution in [3.05, 3.63) is 70.8 Å². The average Bonchev–Trinajstić information content (AvgIpc) is 3.00. The summed E-state index contributed by atoms with van der Waals surface area (Å²) < 4.78 is 32.5. The van der Waals surface area contributed by atoms with Crippen molar-refractivity contribution in [1.82, 2.24) is 4.31 Å². The molecule has 0 spiro atoms. The van der Waals surface area contributed by atoms with Crippen LogP contribution in [-0.2, 0) is 26.2 Å². The summed E-state index contributed by atoms with van der Waals surface area (Å²) in [6.45, 7) is 5.40. The zero-order valence-electron chi connectivity index (χ0n) is 17.6. The van der Waals surface area contributed by atoms with Crippen molar-refractivity contribution in [2.24, 2.45) is 0 Å². The molecule has 30 heavy (non-hydrogen) atoms. The molecule has 0 saturated carbocycles. The Hall–Kier alpha value is -2.44. The van der Waals surface area contributed by atoms with Crippen LogP contribution in [0.5, 0.6) is 0 Å². The Kier molecular flexibility index (Phi) is 7.45. The number of rotatable bonds is 6. The van der Waals surface area contributed by atoms with Crippen LogP contribution in [0.2, 0.25) is 0 Å². The highest BCUT2D eigenvalue weighted by Gasteiger charge is 2.24. The van der Waals surface area contributed by atoms with E-state index in [0.717, 1.165) is 47.9 Å². The summed E-state index contributed by atoms with van der Waals surface area (Å²) in [5.74, 6) is -0.435. The zero-order chi connectivity index (χ0) is 21.6. The highest BCUT2D eigenvalue weighted by atomic mass is 32.2. The lowest BCUT2D eigenvalue weighted by molar-refractivity contribution is -0.138. The molecule has 0 unspecified atom stereocenters. The molecule has 1 heterocycles. The van der Waals surface area contributed by atoms with Gasteiger partial charge in [-0.15, -0.1) is 0 Å². The molecule has 0 amide bonds. The molecule has 6 heteroatoms. The Labute approximate surface area is 179 Å². The SMILES string of the molecule is Cc1cc(C)cc(COC(=O)/C=C/c2ccc(S(=O)(=O)N3CCCCCC3)cc2)c1. The van der Waals surface area contributed by atoms with Crippen molar-refractivity contribution in [2.75, 3.05) is 13.1 Å². The van der Waals surface area contributed by atoms with Crippen LogP contribution in [0, 0.1) is 13.8 Å². The predicted octanol–water partition coefficient (Wildman–Crippen LogP) is 4.62. The predicted molar refractivity (Wildman–Crippen MR) is 118 cm³/mol. The molecule has 1 saturated heterocycles. The van der Waals surface area contributed by atoms with Crippen molar-refractivity contribution in [2.45, 2.75) is 51.0 Å². The van der Waals surface area contributed by atoms with E-state index in [0.29, 0.717) is 18.0 Å². The summed E-state index contributed by atoms with van der Waals surface area (Å²) in [5, 5.41) is 0. The molecule has 0 aliphatic carbocycles. The fraction of sp³-hybridized carbons (Fsp3) is 0.375. The van der Waals surface area contributed by atoms with Crippen molar-refractivity contribution in [3.8, 4) is 0 Å². The third-order valence-corrected chi connectivity index (χ3v) is 7.07. The maximum absolute atomic E-state index is 12.8. The van der Waals surface area contributed by atoms with Crippen molar-refractivity contribution in [1.29, 1.82) is 0 Å². The second-order valence-corrected chi connectivity index (χ2v) is 9.76. The molecule has 0 atom stereocenters. The number of nitrogens with zero attached hydrogens (tertiary/aromatic N) is 1. The molecule has 5 nitrogen and oxygen atoms in total. The lowest BCUT2D eigenvalue weighted by Crippen LogP contribution is -2.31. The first kappa shape index (κ1) is 22.2. The van der Waals surface area contributed by atoms with E-state index in [1.54, 1.807) is 34.6 Å². The van der Waals surface area contributed by atoms with E-state index in [1.165, 1.54) is 6.08 Å². The number of hydrogen-bond donors (Lipinski definition) is 0. The molecule has 3 rings (SSSR count). The molecular weight excluding hydrogens is 398 g/mol. The van der Waals surface area contributed by atoms with E-state index in [4.69, 9.17) is 4.74 Å². The van der Waals surface area contributed by atoms with Gasteiger partial charge in [-0.25, -0.2) is 13.2 Å². The van der Waals surface area contributed by atoms with Crippen LogP contribution in [0.1, 0.15) is 47.9 Å². The Morgan fingerprint density at radius 1 is 0.967 bits per heavy atom. The van der Waals surface area contributed by atoms with Crippen LogP contribution in [0.15, 0.2) is 53.4 Å². The van der Waals surface area contributed by atoms with Crippen LogP contribution in [0.25, 0.3) is 6.08 Å². The van der Waals surface area contributed by atoms with Gasteiger partial charge in [-0.1, -0.05) is 54.3 Å². The Morgan fingerprint density at radius 2 is 1.57 bits per heavy atom. The average molecular weight is 428 g/mol. The first-order chi connectivity index (χ1) is 14.3. The standard InChI is InChI=1S/C24H29NO4S/c1-19-15-20(2)17-22(16-19)18-29-24(26)12-9-21-7-10-23(11-8-21)30(27,28)25-13-5-3-4-6-14-25/h7-12,15-17H,3-6,13-14,18H2,1-2H3/b12-9+. The Bertz CT molecular complexity index is 982. The van der Waals surface area contributed by atoms with Gasteiger partial charge in [0.1, 0.15) is 6.61 Å². The largest absolute Gasteiger partial charge is 0.458 e. The highest BCUT2D eigenvalue weighted by molar-refractivity contribution is 7.89. The topological polar surface area (TPSA) is 63.7 Å². The van der Waals surface area contributed by atoms with Gasteiger partial charge < -0.3 is 4.74 Å². The summed E-state index contributed by atoms with van der Waals surface area (Å²) in [7, 11) is -3.46.